The van der Waals surface area contributed by atoms with E-state index in [4.69, 9.17) is 0 Å². The lowest BCUT2D eigenvalue weighted by atomic mass is 9.95. The minimum absolute atomic E-state index is 0.0606. The SMILES string of the molecule is Cc1ccc(C(=O)NCC(=O)NC2CCCCC2)cc1NC(=O)c1ccccc1. The van der Waals surface area contributed by atoms with Crippen LogP contribution in [0, 0.1) is 6.92 Å². The number of amides is 3. The van der Waals surface area contributed by atoms with E-state index in [1.807, 2.05) is 13.0 Å². The van der Waals surface area contributed by atoms with Crippen LogP contribution in [0.15, 0.2) is 48.5 Å². The predicted octanol–water partition coefficient (Wildman–Crippen LogP) is 3.43. The monoisotopic (exact) mass is 393 g/mol. The van der Waals surface area contributed by atoms with Gasteiger partial charge in [-0.05, 0) is 49.6 Å². The van der Waals surface area contributed by atoms with Crippen LogP contribution in [0.5, 0.6) is 0 Å². The molecule has 3 rings (SSSR count). The second-order valence-corrected chi connectivity index (χ2v) is 7.43. The fourth-order valence-corrected chi connectivity index (χ4v) is 3.47. The Kier molecular flexibility index (Phi) is 7.00. The largest absolute Gasteiger partial charge is 0.352 e. The van der Waals surface area contributed by atoms with Crippen LogP contribution in [0.4, 0.5) is 5.69 Å². The first-order valence-corrected chi connectivity index (χ1v) is 10.1. The number of hydrogen-bond donors (Lipinski definition) is 3. The van der Waals surface area contributed by atoms with Crippen LogP contribution < -0.4 is 16.0 Å². The van der Waals surface area contributed by atoms with Crippen molar-refractivity contribution in [2.24, 2.45) is 0 Å². The average Bonchev–Trinajstić information content (AvgIpc) is 2.75. The summed E-state index contributed by atoms with van der Waals surface area (Å²) in [6.45, 7) is 1.80. The summed E-state index contributed by atoms with van der Waals surface area (Å²) < 4.78 is 0. The van der Waals surface area contributed by atoms with Crippen LogP contribution in [-0.4, -0.2) is 30.3 Å². The molecule has 1 aliphatic rings. The van der Waals surface area contributed by atoms with Crippen molar-refractivity contribution in [3.63, 3.8) is 0 Å². The van der Waals surface area contributed by atoms with Gasteiger partial charge >= 0.3 is 0 Å². The quantitative estimate of drug-likeness (QED) is 0.703. The third-order valence-electron chi connectivity index (χ3n) is 5.16. The van der Waals surface area contributed by atoms with E-state index in [9.17, 15) is 14.4 Å². The van der Waals surface area contributed by atoms with Gasteiger partial charge in [-0.1, -0.05) is 43.5 Å². The minimum atomic E-state index is -0.348. The smallest absolute Gasteiger partial charge is 0.255 e. The Labute approximate surface area is 171 Å². The summed E-state index contributed by atoms with van der Waals surface area (Å²) in [5, 5.41) is 8.48. The molecule has 0 heterocycles. The molecule has 0 aliphatic heterocycles. The van der Waals surface area contributed by atoms with E-state index < -0.39 is 0 Å². The lowest BCUT2D eigenvalue weighted by molar-refractivity contribution is -0.121. The molecule has 0 unspecified atom stereocenters. The number of carbonyl (C=O) groups is 3. The van der Waals surface area contributed by atoms with Gasteiger partial charge in [-0.2, -0.15) is 0 Å². The molecule has 3 N–H and O–H groups in total. The van der Waals surface area contributed by atoms with E-state index in [0.717, 1.165) is 31.2 Å². The Morgan fingerprint density at radius 2 is 1.62 bits per heavy atom. The van der Waals surface area contributed by atoms with Gasteiger partial charge in [-0.3, -0.25) is 14.4 Å². The van der Waals surface area contributed by atoms with Gasteiger partial charge in [0.05, 0.1) is 6.54 Å². The fraction of sp³-hybridized carbons (Fsp3) is 0.348. The van der Waals surface area contributed by atoms with Crippen LogP contribution in [0.1, 0.15) is 58.4 Å². The van der Waals surface area contributed by atoms with Crippen LogP contribution in [0.25, 0.3) is 0 Å². The molecule has 0 bridgehead atoms. The summed E-state index contributed by atoms with van der Waals surface area (Å²) in [4.78, 5) is 36.9. The maximum Gasteiger partial charge on any atom is 0.255 e. The van der Waals surface area contributed by atoms with Gasteiger partial charge in [0.2, 0.25) is 5.91 Å². The summed E-state index contributed by atoms with van der Waals surface area (Å²) in [5.41, 5.74) is 2.35. The summed E-state index contributed by atoms with van der Waals surface area (Å²) in [5.74, 6) is -0.757. The van der Waals surface area contributed by atoms with E-state index in [0.29, 0.717) is 16.8 Å². The van der Waals surface area contributed by atoms with E-state index >= 15 is 0 Å². The molecule has 0 spiro atoms. The molecule has 0 aromatic heterocycles. The van der Waals surface area contributed by atoms with Gasteiger partial charge in [0, 0.05) is 22.9 Å². The molecular formula is C23H27N3O3. The second-order valence-electron chi connectivity index (χ2n) is 7.43. The Morgan fingerprint density at radius 1 is 0.897 bits per heavy atom. The molecule has 2 aromatic rings. The van der Waals surface area contributed by atoms with Crippen LogP contribution in [0.3, 0.4) is 0 Å². The van der Waals surface area contributed by atoms with E-state index in [1.54, 1.807) is 42.5 Å². The number of benzene rings is 2. The van der Waals surface area contributed by atoms with Crippen molar-refractivity contribution in [1.29, 1.82) is 0 Å². The molecule has 1 saturated carbocycles. The van der Waals surface area contributed by atoms with Gasteiger partial charge in [-0.15, -0.1) is 0 Å². The first-order valence-electron chi connectivity index (χ1n) is 10.1. The van der Waals surface area contributed by atoms with Crippen LogP contribution in [-0.2, 0) is 4.79 Å². The Hall–Kier alpha value is -3.15. The molecule has 6 nitrogen and oxygen atoms in total. The second kappa shape index (κ2) is 9.87. The molecule has 0 saturated heterocycles. The molecule has 0 atom stereocenters. The van der Waals surface area contributed by atoms with Crippen molar-refractivity contribution in [1.82, 2.24) is 10.6 Å². The predicted molar refractivity (Wildman–Crippen MR) is 113 cm³/mol. The number of anilines is 1. The van der Waals surface area contributed by atoms with Crippen LogP contribution >= 0.6 is 0 Å². The lowest BCUT2D eigenvalue weighted by Gasteiger charge is -2.22. The van der Waals surface area contributed by atoms with Crippen molar-refractivity contribution in [3.05, 3.63) is 65.2 Å². The standard InChI is InChI=1S/C23H27N3O3/c1-16-12-13-18(14-20(16)26-23(29)17-8-4-2-5-9-17)22(28)24-15-21(27)25-19-10-6-3-7-11-19/h2,4-5,8-9,12-14,19H,3,6-7,10-11,15H2,1H3,(H,24,28)(H,25,27)(H,26,29). The fourth-order valence-electron chi connectivity index (χ4n) is 3.47. The highest BCUT2D eigenvalue weighted by Gasteiger charge is 2.17. The van der Waals surface area contributed by atoms with E-state index in [-0.39, 0.29) is 30.3 Å². The van der Waals surface area contributed by atoms with E-state index in [2.05, 4.69) is 16.0 Å². The average molecular weight is 393 g/mol. The van der Waals surface area contributed by atoms with Crippen molar-refractivity contribution < 1.29 is 14.4 Å². The lowest BCUT2D eigenvalue weighted by Crippen LogP contribution is -2.42. The third kappa shape index (κ3) is 5.91. The van der Waals surface area contributed by atoms with Gasteiger partial charge in [0.25, 0.3) is 11.8 Å². The zero-order valence-electron chi connectivity index (χ0n) is 16.7. The zero-order chi connectivity index (χ0) is 20.6. The maximum atomic E-state index is 12.5. The van der Waals surface area contributed by atoms with Crippen molar-refractivity contribution in [3.8, 4) is 0 Å². The Balaban J connectivity index is 1.57. The van der Waals surface area contributed by atoms with Gasteiger partial charge in [-0.25, -0.2) is 0 Å². The minimum Gasteiger partial charge on any atom is -0.352 e. The highest BCUT2D eigenvalue weighted by molar-refractivity contribution is 6.05. The number of hydrogen-bond acceptors (Lipinski definition) is 3. The molecule has 1 fully saturated rings. The third-order valence-corrected chi connectivity index (χ3v) is 5.16. The molecular weight excluding hydrogens is 366 g/mol. The van der Waals surface area contributed by atoms with Crippen LogP contribution in [0.2, 0.25) is 0 Å². The maximum absolute atomic E-state index is 12.5. The molecule has 6 heteroatoms. The number of nitrogens with one attached hydrogen (secondary N) is 3. The Bertz CT molecular complexity index is 874. The normalized spacial score (nSPS) is 14.1. The Morgan fingerprint density at radius 3 is 2.34 bits per heavy atom. The highest BCUT2D eigenvalue weighted by atomic mass is 16.2. The molecule has 3 amide bonds. The number of carbonyl (C=O) groups excluding carboxylic acids is 3. The van der Waals surface area contributed by atoms with Crippen molar-refractivity contribution >= 4 is 23.4 Å². The molecule has 0 radical (unpaired) electrons. The van der Waals surface area contributed by atoms with Crippen molar-refractivity contribution in [2.45, 2.75) is 45.1 Å². The summed E-state index contributed by atoms with van der Waals surface area (Å²) >= 11 is 0. The molecule has 2 aromatic carbocycles. The van der Waals surface area contributed by atoms with Gasteiger partial charge in [0.15, 0.2) is 0 Å². The summed E-state index contributed by atoms with van der Waals surface area (Å²) in [6.07, 6.45) is 5.50. The topological polar surface area (TPSA) is 87.3 Å². The zero-order valence-corrected chi connectivity index (χ0v) is 16.7. The summed E-state index contributed by atoms with van der Waals surface area (Å²) in [7, 11) is 0. The summed E-state index contributed by atoms with van der Waals surface area (Å²) in [6, 6.07) is 14.2. The first-order chi connectivity index (χ1) is 14.0. The molecule has 152 valence electrons. The first kappa shape index (κ1) is 20.6. The van der Waals surface area contributed by atoms with Gasteiger partial charge < -0.3 is 16.0 Å². The molecule has 29 heavy (non-hydrogen) atoms. The molecule has 1 aliphatic carbocycles. The van der Waals surface area contributed by atoms with E-state index in [1.165, 1.54) is 6.42 Å². The number of aryl methyl sites for hydroxylation is 1. The highest BCUT2D eigenvalue weighted by Crippen LogP contribution is 2.19. The van der Waals surface area contributed by atoms with Gasteiger partial charge in [0.1, 0.15) is 0 Å². The number of rotatable bonds is 6. The van der Waals surface area contributed by atoms with Crippen molar-refractivity contribution in [2.75, 3.05) is 11.9 Å².